The summed E-state index contributed by atoms with van der Waals surface area (Å²) >= 11 is 3.01. The lowest BCUT2D eigenvalue weighted by Gasteiger charge is -2.10. The van der Waals surface area contributed by atoms with Gasteiger partial charge in [0.1, 0.15) is 5.82 Å². The van der Waals surface area contributed by atoms with E-state index in [0.29, 0.717) is 5.56 Å². The lowest BCUT2D eigenvalue weighted by molar-refractivity contribution is -0.128. The van der Waals surface area contributed by atoms with Gasteiger partial charge in [-0.05, 0) is 34.1 Å². The average molecular weight is 317 g/mol. The molecule has 0 spiro atoms. The highest BCUT2D eigenvalue weighted by Gasteiger charge is 2.09. The average Bonchev–Trinajstić information content (AvgIpc) is 2.32. The van der Waals surface area contributed by atoms with Crippen molar-refractivity contribution in [3.63, 3.8) is 0 Å². The molecule has 1 N–H and O–H groups in total. The molecule has 0 fully saturated rings. The smallest absolute Gasteiger partial charge is 0.251 e. The number of amides is 2. The summed E-state index contributed by atoms with van der Waals surface area (Å²) < 4.78 is 13.2. The fourth-order valence-corrected chi connectivity index (χ4v) is 1.62. The van der Waals surface area contributed by atoms with Crippen molar-refractivity contribution in [2.45, 2.75) is 6.42 Å². The van der Waals surface area contributed by atoms with Crippen LogP contribution in [-0.2, 0) is 4.79 Å². The van der Waals surface area contributed by atoms with Gasteiger partial charge in [-0.1, -0.05) is 0 Å². The first-order valence-electron chi connectivity index (χ1n) is 5.35. The summed E-state index contributed by atoms with van der Waals surface area (Å²) in [5.41, 5.74) is 0.348. The molecule has 0 aliphatic rings. The number of hydrogen-bond acceptors (Lipinski definition) is 2. The Morgan fingerprint density at radius 1 is 1.39 bits per heavy atom. The van der Waals surface area contributed by atoms with Crippen LogP contribution in [0.15, 0.2) is 22.7 Å². The van der Waals surface area contributed by atoms with Gasteiger partial charge in [-0.15, -0.1) is 0 Å². The molecule has 0 saturated heterocycles. The van der Waals surface area contributed by atoms with Gasteiger partial charge in [0.2, 0.25) is 5.91 Å². The Balaban J connectivity index is 2.50. The van der Waals surface area contributed by atoms with E-state index in [1.54, 1.807) is 14.1 Å². The van der Waals surface area contributed by atoms with Crippen LogP contribution in [0.1, 0.15) is 16.8 Å². The molecule has 0 saturated carbocycles. The maximum absolute atomic E-state index is 13.0. The van der Waals surface area contributed by atoms with Crippen molar-refractivity contribution in [1.82, 2.24) is 10.2 Å². The van der Waals surface area contributed by atoms with Gasteiger partial charge >= 0.3 is 0 Å². The minimum atomic E-state index is -0.422. The summed E-state index contributed by atoms with van der Waals surface area (Å²) in [6.45, 7) is 0.255. The van der Waals surface area contributed by atoms with Crippen molar-refractivity contribution < 1.29 is 14.0 Å². The van der Waals surface area contributed by atoms with Crippen LogP contribution in [-0.4, -0.2) is 37.4 Å². The zero-order valence-electron chi connectivity index (χ0n) is 10.2. The molecule has 0 bridgehead atoms. The number of carbonyl (C=O) groups is 2. The molecule has 18 heavy (non-hydrogen) atoms. The zero-order valence-corrected chi connectivity index (χ0v) is 11.8. The van der Waals surface area contributed by atoms with E-state index in [1.165, 1.54) is 23.1 Å². The first-order valence-corrected chi connectivity index (χ1v) is 6.14. The number of nitrogens with one attached hydrogen (secondary N) is 1. The van der Waals surface area contributed by atoms with Crippen molar-refractivity contribution in [3.8, 4) is 0 Å². The van der Waals surface area contributed by atoms with Crippen molar-refractivity contribution in [2.24, 2.45) is 0 Å². The van der Waals surface area contributed by atoms with Gasteiger partial charge in [-0.3, -0.25) is 9.59 Å². The predicted molar refractivity (Wildman–Crippen MR) is 69.7 cm³/mol. The molecule has 2 amide bonds. The monoisotopic (exact) mass is 316 g/mol. The second kappa shape index (κ2) is 6.49. The summed E-state index contributed by atoms with van der Waals surface area (Å²) in [5, 5.41) is 2.60. The van der Waals surface area contributed by atoms with Crippen LogP contribution in [0.3, 0.4) is 0 Å². The summed E-state index contributed by atoms with van der Waals surface area (Å²) in [6, 6.07) is 4.01. The first kappa shape index (κ1) is 14.6. The number of benzene rings is 1. The molecule has 0 aliphatic heterocycles. The Morgan fingerprint density at radius 3 is 2.61 bits per heavy atom. The first-order chi connectivity index (χ1) is 8.41. The van der Waals surface area contributed by atoms with E-state index in [0.717, 1.165) is 0 Å². The molecule has 4 nitrogen and oxygen atoms in total. The number of carbonyl (C=O) groups excluding carboxylic acids is 2. The Morgan fingerprint density at radius 2 is 2.06 bits per heavy atom. The third kappa shape index (κ3) is 4.10. The Bertz CT molecular complexity index is 463. The zero-order chi connectivity index (χ0) is 13.7. The van der Waals surface area contributed by atoms with Crippen LogP contribution in [0, 0.1) is 5.82 Å². The van der Waals surface area contributed by atoms with Crippen molar-refractivity contribution in [1.29, 1.82) is 0 Å². The topological polar surface area (TPSA) is 49.4 Å². The fourth-order valence-electron chi connectivity index (χ4n) is 1.25. The number of hydrogen-bond donors (Lipinski definition) is 1. The molecule has 1 aromatic carbocycles. The molecule has 0 aromatic heterocycles. The van der Waals surface area contributed by atoms with Crippen molar-refractivity contribution >= 4 is 27.7 Å². The van der Waals surface area contributed by atoms with E-state index in [9.17, 15) is 14.0 Å². The van der Waals surface area contributed by atoms with Gasteiger partial charge in [0.25, 0.3) is 5.91 Å². The minimum Gasteiger partial charge on any atom is -0.352 e. The quantitative estimate of drug-likeness (QED) is 0.920. The van der Waals surface area contributed by atoms with Gasteiger partial charge in [0, 0.05) is 32.6 Å². The van der Waals surface area contributed by atoms with E-state index in [1.807, 2.05) is 0 Å². The van der Waals surface area contributed by atoms with Crippen LogP contribution >= 0.6 is 15.9 Å². The lowest BCUT2D eigenvalue weighted by atomic mass is 10.2. The van der Waals surface area contributed by atoms with Gasteiger partial charge in [0.05, 0.1) is 4.47 Å². The van der Waals surface area contributed by atoms with E-state index in [2.05, 4.69) is 21.2 Å². The molecule has 0 radical (unpaired) electrons. The molecule has 0 unspecified atom stereocenters. The second-order valence-corrected chi connectivity index (χ2v) is 4.78. The second-order valence-electron chi connectivity index (χ2n) is 3.92. The largest absolute Gasteiger partial charge is 0.352 e. The molecule has 1 aromatic rings. The van der Waals surface area contributed by atoms with Crippen molar-refractivity contribution in [3.05, 3.63) is 34.1 Å². The molecule has 0 atom stereocenters. The summed E-state index contributed by atoms with van der Waals surface area (Å²) in [6.07, 6.45) is 0.237. The molecule has 0 aliphatic carbocycles. The molecule has 6 heteroatoms. The standard InChI is InChI=1S/C12H14BrFN2O2/c1-16(2)11(17)5-6-15-12(18)8-3-4-10(14)9(13)7-8/h3-4,7H,5-6H2,1-2H3,(H,15,18). The van der Waals surface area contributed by atoms with Crippen LogP contribution in [0.4, 0.5) is 4.39 Å². The number of rotatable bonds is 4. The van der Waals surface area contributed by atoms with Gasteiger partial charge in [-0.25, -0.2) is 4.39 Å². The molecular formula is C12H14BrFN2O2. The third-order valence-electron chi connectivity index (χ3n) is 2.31. The maximum atomic E-state index is 13.0. The van der Waals surface area contributed by atoms with Gasteiger partial charge < -0.3 is 10.2 Å². The molecule has 1 rings (SSSR count). The van der Waals surface area contributed by atoms with E-state index in [-0.39, 0.29) is 29.3 Å². The van der Waals surface area contributed by atoms with Gasteiger partial charge in [0.15, 0.2) is 0 Å². The summed E-state index contributed by atoms with van der Waals surface area (Å²) in [5.74, 6) is -0.813. The molecule has 98 valence electrons. The van der Waals surface area contributed by atoms with Gasteiger partial charge in [-0.2, -0.15) is 0 Å². The normalized spacial score (nSPS) is 10.0. The van der Waals surface area contributed by atoms with Crippen LogP contribution in [0.2, 0.25) is 0 Å². The predicted octanol–water partition coefficient (Wildman–Crippen LogP) is 1.80. The summed E-state index contributed by atoms with van der Waals surface area (Å²) in [4.78, 5) is 24.4. The lowest BCUT2D eigenvalue weighted by Crippen LogP contribution is -2.30. The highest BCUT2D eigenvalue weighted by molar-refractivity contribution is 9.10. The highest BCUT2D eigenvalue weighted by Crippen LogP contribution is 2.16. The van der Waals surface area contributed by atoms with E-state index >= 15 is 0 Å². The number of halogens is 2. The Labute approximate surface area is 113 Å². The van der Waals surface area contributed by atoms with Crippen LogP contribution < -0.4 is 5.32 Å². The third-order valence-corrected chi connectivity index (χ3v) is 2.91. The van der Waals surface area contributed by atoms with E-state index in [4.69, 9.17) is 0 Å². The number of nitrogens with zero attached hydrogens (tertiary/aromatic N) is 1. The molecule has 0 heterocycles. The fraction of sp³-hybridized carbons (Fsp3) is 0.333. The van der Waals surface area contributed by atoms with Crippen molar-refractivity contribution in [2.75, 3.05) is 20.6 Å². The molecular weight excluding hydrogens is 303 g/mol. The maximum Gasteiger partial charge on any atom is 0.251 e. The minimum absolute atomic E-state index is 0.0596. The summed E-state index contributed by atoms with van der Waals surface area (Å²) in [7, 11) is 3.31. The highest BCUT2D eigenvalue weighted by atomic mass is 79.9. The van der Waals surface area contributed by atoms with E-state index < -0.39 is 5.82 Å². The van der Waals surface area contributed by atoms with Crippen LogP contribution in [0.25, 0.3) is 0 Å². The Hall–Kier alpha value is -1.43. The van der Waals surface area contributed by atoms with Crippen LogP contribution in [0.5, 0.6) is 0 Å². The Kier molecular flexibility index (Phi) is 5.27. The SMILES string of the molecule is CN(C)C(=O)CCNC(=O)c1ccc(F)c(Br)c1.